The van der Waals surface area contributed by atoms with E-state index in [-0.39, 0.29) is 29.1 Å². The molecule has 1 aliphatic rings. The first-order chi connectivity index (χ1) is 15.5. The number of aryl methyl sites for hydroxylation is 1. The molecule has 2 aromatic heterocycles. The van der Waals surface area contributed by atoms with Gasteiger partial charge < -0.3 is 19.9 Å². The molecule has 32 heavy (non-hydrogen) atoms. The normalized spacial score (nSPS) is 16.2. The molecule has 1 atom stereocenters. The van der Waals surface area contributed by atoms with Crippen LogP contribution in [0, 0.1) is 5.92 Å². The number of amides is 1. The quantitative estimate of drug-likeness (QED) is 0.564. The highest BCUT2D eigenvalue weighted by molar-refractivity contribution is 6.02. The first-order valence-electron chi connectivity index (χ1n) is 10.8. The number of likely N-dealkylation sites (tertiary alicyclic amines) is 1. The maximum Gasteiger partial charge on any atom is 0.276 e. The average molecular weight is 438 g/mol. The molecule has 9 nitrogen and oxygen atoms in total. The van der Waals surface area contributed by atoms with Gasteiger partial charge in [-0.05, 0) is 43.5 Å². The highest BCUT2D eigenvalue weighted by Crippen LogP contribution is 2.26. The zero-order valence-electron chi connectivity index (χ0n) is 18.3. The summed E-state index contributed by atoms with van der Waals surface area (Å²) in [6.07, 6.45) is 4.56. The summed E-state index contributed by atoms with van der Waals surface area (Å²) >= 11 is 0. The van der Waals surface area contributed by atoms with E-state index in [1.165, 1.54) is 10.9 Å². The molecular weight excluding hydrogens is 410 g/mol. The number of nitrogen functional groups attached to an aromatic ring is 1. The van der Waals surface area contributed by atoms with Crippen LogP contribution in [0.3, 0.4) is 0 Å². The number of rotatable bonds is 7. The molecule has 0 unspecified atom stereocenters. The monoisotopic (exact) mass is 437 g/mol. The van der Waals surface area contributed by atoms with Gasteiger partial charge in [0, 0.05) is 31.5 Å². The van der Waals surface area contributed by atoms with Gasteiger partial charge in [-0.1, -0.05) is 12.1 Å². The van der Waals surface area contributed by atoms with Crippen LogP contribution in [-0.4, -0.2) is 51.7 Å². The molecule has 4 rings (SSSR count). The predicted octanol–water partition coefficient (Wildman–Crippen LogP) is 3.14. The zero-order valence-corrected chi connectivity index (χ0v) is 18.3. The van der Waals surface area contributed by atoms with Crippen LogP contribution in [0.4, 0.5) is 5.82 Å². The topological polar surface area (TPSA) is 116 Å². The number of methoxy groups -OCH3 is 1. The van der Waals surface area contributed by atoms with Crippen LogP contribution in [-0.2, 0) is 6.42 Å². The van der Waals surface area contributed by atoms with Gasteiger partial charge in [0.2, 0.25) is 0 Å². The van der Waals surface area contributed by atoms with Crippen molar-refractivity contribution in [1.82, 2.24) is 19.8 Å². The minimum absolute atomic E-state index is 0.105. The lowest BCUT2D eigenvalue weighted by Gasteiger charge is -2.31. The molecule has 0 spiro atoms. The van der Waals surface area contributed by atoms with Crippen LogP contribution in [0.1, 0.15) is 52.8 Å². The van der Waals surface area contributed by atoms with Gasteiger partial charge in [-0.25, -0.2) is 4.68 Å². The minimum Gasteiger partial charge on any atom is -0.497 e. The van der Waals surface area contributed by atoms with Crippen LogP contribution in [0.5, 0.6) is 5.75 Å². The van der Waals surface area contributed by atoms with Gasteiger partial charge in [-0.15, -0.1) is 0 Å². The summed E-state index contributed by atoms with van der Waals surface area (Å²) in [5, 5.41) is 8.21. The Morgan fingerprint density at radius 3 is 2.78 bits per heavy atom. The van der Waals surface area contributed by atoms with E-state index in [2.05, 4.69) is 10.3 Å². The molecule has 0 bridgehead atoms. The van der Waals surface area contributed by atoms with Crippen molar-refractivity contribution in [3.8, 4) is 11.4 Å². The number of anilines is 1. The lowest BCUT2D eigenvalue weighted by molar-refractivity contribution is 0.0629. The number of carbonyl (C=O) groups is 2. The van der Waals surface area contributed by atoms with Crippen molar-refractivity contribution in [2.45, 2.75) is 32.6 Å². The van der Waals surface area contributed by atoms with Gasteiger partial charge in [0.05, 0.1) is 24.6 Å². The minimum atomic E-state index is -0.342. The molecule has 1 aromatic carbocycles. The van der Waals surface area contributed by atoms with Crippen LogP contribution in [0.15, 0.2) is 41.1 Å². The van der Waals surface area contributed by atoms with Crippen molar-refractivity contribution in [1.29, 1.82) is 0 Å². The molecule has 168 valence electrons. The first-order valence-corrected chi connectivity index (χ1v) is 10.8. The fourth-order valence-electron chi connectivity index (χ4n) is 4.01. The van der Waals surface area contributed by atoms with Gasteiger partial charge in [0.25, 0.3) is 5.91 Å². The number of nitrogens with zero attached hydrogens (tertiary/aromatic N) is 4. The molecule has 0 aliphatic carbocycles. The molecule has 0 saturated carbocycles. The largest absolute Gasteiger partial charge is 0.497 e. The lowest BCUT2D eigenvalue weighted by Crippen LogP contribution is -2.42. The molecule has 1 saturated heterocycles. The number of nitrogens with two attached hydrogens (primary N) is 1. The Hall–Kier alpha value is -3.62. The Bertz CT molecular complexity index is 1100. The maximum atomic E-state index is 13.2. The average Bonchev–Trinajstić information content (AvgIpc) is 3.45. The van der Waals surface area contributed by atoms with Crippen LogP contribution >= 0.6 is 0 Å². The van der Waals surface area contributed by atoms with E-state index in [9.17, 15) is 9.59 Å². The SMILES string of the molecule is CCCc1cc(C(=O)N2CCC[C@H](C(=O)c3cnn(-c4ccc(OC)cc4)c3N)C2)no1. The van der Waals surface area contributed by atoms with Crippen LogP contribution < -0.4 is 10.5 Å². The van der Waals surface area contributed by atoms with E-state index in [0.29, 0.717) is 30.8 Å². The molecular formula is C23H27N5O4. The lowest BCUT2D eigenvalue weighted by atomic mass is 9.90. The number of piperidine rings is 1. The highest BCUT2D eigenvalue weighted by Gasteiger charge is 2.32. The van der Waals surface area contributed by atoms with E-state index in [1.54, 1.807) is 30.2 Å². The van der Waals surface area contributed by atoms with Gasteiger partial charge >= 0.3 is 0 Å². The number of ketones is 1. The van der Waals surface area contributed by atoms with E-state index in [1.807, 2.05) is 19.1 Å². The van der Waals surface area contributed by atoms with Crippen molar-refractivity contribution < 1.29 is 18.8 Å². The third kappa shape index (κ3) is 4.23. The van der Waals surface area contributed by atoms with E-state index in [4.69, 9.17) is 15.0 Å². The van der Waals surface area contributed by atoms with Crippen LogP contribution in [0.25, 0.3) is 5.69 Å². The number of carbonyl (C=O) groups excluding carboxylic acids is 2. The second-order valence-electron chi connectivity index (χ2n) is 7.94. The number of hydrogen-bond acceptors (Lipinski definition) is 7. The zero-order chi connectivity index (χ0) is 22.7. The Kier molecular flexibility index (Phi) is 6.25. The maximum absolute atomic E-state index is 13.2. The summed E-state index contributed by atoms with van der Waals surface area (Å²) < 4.78 is 11.9. The Morgan fingerprint density at radius 2 is 2.06 bits per heavy atom. The molecule has 1 aliphatic heterocycles. The smallest absolute Gasteiger partial charge is 0.276 e. The fourth-order valence-corrected chi connectivity index (χ4v) is 4.01. The highest BCUT2D eigenvalue weighted by atomic mass is 16.5. The number of ether oxygens (including phenoxy) is 1. The van der Waals surface area contributed by atoms with Crippen molar-refractivity contribution in [2.75, 3.05) is 25.9 Å². The predicted molar refractivity (Wildman–Crippen MR) is 118 cm³/mol. The number of benzene rings is 1. The van der Waals surface area contributed by atoms with E-state index in [0.717, 1.165) is 30.7 Å². The summed E-state index contributed by atoms with van der Waals surface area (Å²) in [5.74, 6) is 1.04. The Labute approximate surface area is 186 Å². The third-order valence-electron chi connectivity index (χ3n) is 5.74. The van der Waals surface area contributed by atoms with Crippen molar-refractivity contribution in [3.05, 3.63) is 53.5 Å². The van der Waals surface area contributed by atoms with Crippen molar-refractivity contribution in [3.63, 3.8) is 0 Å². The first kappa shape index (κ1) is 21.6. The van der Waals surface area contributed by atoms with E-state index < -0.39 is 0 Å². The van der Waals surface area contributed by atoms with Gasteiger partial charge in [0.1, 0.15) is 17.3 Å². The van der Waals surface area contributed by atoms with Gasteiger partial charge in [-0.2, -0.15) is 5.10 Å². The molecule has 0 radical (unpaired) electrons. The molecule has 3 aromatic rings. The van der Waals surface area contributed by atoms with Gasteiger partial charge in [0.15, 0.2) is 11.5 Å². The summed E-state index contributed by atoms with van der Waals surface area (Å²) in [6, 6.07) is 8.94. The molecule has 1 amide bonds. The van der Waals surface area contributed by atoms with Crippen LogP contribution in [0.2, 0.25) is 0 Å². The molecule has 9 heteroatoms. The summed E-state index contributed by atoms with van der Waals surface area (Å²) in [4.78, 5) is 27.8. The Morgan fingerprint density at radius 1 is 1.28 bits per heavy atom. The Balaban J connectivity index is 1.48. The number of Topliss-reactive ketones (excluding diaryl/α,β-unsaturated/α-hetero) is 1. The summed E-state index contributed by atoms with van der Waals surface area (Å²) in [5.41, 5.74) is 7.66. The van der Waals surface area contributed by atoms with E-state index >= 15 is 0 Å². The van der Waals surface area contributed by atoms with Gasteiger partial charge in [-0.3, -0.25) is 9.59 Å². The standard InChI is InChI=1S/C23H27N5O4/c1-3-5-18-12-20(26-32-18)23(30)27-11-4-6-15(14-27)21(29)19-13-25-28(22(19)24)16-7-9-17(31-2)10-8-16/h7-10,12-13,15H,3-6,11,14,24H2,1-2H3/t15-/m0/s1. The molecule has 3 heterocycles. The molecule has 1 fully saturated rings. The summed E-state index contributed by atoms with van der Waals surface area (Å²) in [7, 11) is 1.60. The number of aromatic nitrogens is 3. The van der Waals surface area contributed by atoms with Crippen molar-refractivity contribution >= 4 is 17.5 Å². The third-order valence-corrected chi connectivity index (χ3v) is 5.74. The van der Waals surface area contributed by atoms with Crippen molar-refractivity contribution in [2.24, 2.45) is 5.92 Å². The second-order valence-corrected chi connectivity index (χ2v) is 7.94. The fraction of sp³-hybridized carbons (Fsp3) is 0.391. The summed E-state index contributed by atoms with van der Waals surface area (Å²) in [6.45, 7) is 2.94. The molecule has 2 N–H and O–H groups in total. The number of hydrogen-bond donors (Lipinski definition) is 1. The second kappa shape index (κ2) is 9.25.